The lowest BCUT2D eigenvalue weighted by molar-refractivity contribution is 1.09. The summed E-state index contributed by atoms with van der Waals surface area (Å²) in [6.45, 7) is 0. The Morgan fingerprint density at radius 3 is 1.25 bits per heavy atom. The Hall–Kier alpha value is -10.2. The van der Waals surface area contributed by atoms with Gasteiger partial charge in [-0.05, 0) is 167 Å². The van der Waals surface area contributed by atoms with Gasteiger partial charge in [0.25, 0.3) is 0 Å². The zero-order valence-electron chi connectivity index (χ0n) is 42.4. The summed E-state index contributed by atoms with van der Waals surface area (Å²) in [5.74, 6) is 0. The van der Waals surface area contributed by atoms with E-state index in [9.17, 15) is 0 Å². The number of aromatic nitrogens is 2. The van der Waals surface area contributed by atoms with Crippen molar-refractivity contribution in [3.05, 3.63) is 309 Å². The molecule has 0 fully saturated rings. The van der Waals surface area contributed by atoms with Crippen LogP contribution in [0.3, 0.4) is 0 Å². The van der Waals surface area contributed by atoms with Gasteiger partial charge in [-0.25, -0.2) is 0 Å². The van der Waals surface area contributed by atoms with Crippen LogP contribution < -0.4 is 9.80 Å². The van der Waals surface area contributed by atoms with Gasteiger partial charge in [0.2, 0.25) is 0 Å². The fourth-order valence-electron chi connectivity index (χ4n) is 11.5. The number of nitrogens with zero attached hydrogens (tertiary/aromatic N) is 4. The van der Waals surface area contributed by atoms with Crippen LogP contribution in [0.5, 0.6) is 0 Å². The second-order valence-electron chi connectivity index (χ2n) is 19.7. The molecular formula is C73H52N4. The fraction of sp³-hybridized carbons (Fsp3) is 0.0137. The molecule has 77 heavy (non-hydrogen) atoms. The molecule has 0 unspecified atom stereocenters. The average molecular weight is 985 g/mol. The zero-order chi connectivity index (χ0) is 51.1. The normalized spacial score (nSPS) is 12.0. The highest BCUT2D eigenvalue weighted by Crippen LogP contribution is 2.44. The van der Waals surface area contributed by atoms with Gasteiger partial charge in [0, 0.05) is 61.7 Å². The Balaban J connectivity index is 0.858. The number of hydrogen-bond acceptors (Lipinski definition) is 2. The van der Waals surface area contributed by atoms with Crippen LogP contribution in [-0.2, 0) is 6.42 Å². The summed E-state index contributed by atoms with van der Waals surface area (Å²) in [5.41, 5.74) is 21.9. The lowest BCUT2D eigenvalue weighted by Gasteiger charge is -2.27. The van der Waals surface area contributed by atoms with E-state index in [1.165, 1.54) is 66.2 Å². The second-order valence-corrected chi connectivity index (χ2v) is 19.7. The van der Waals surface area contributed by atoms with E-state index in [1.807, 2.05) is 0 Å². The van der Waals surface area contributed by atoms with Crippen LogP contribution in [-0.4, -0.2) is 9.13 Å². The van der Waals surface area contributed by atoms with Crippen LogP contribution in [0.4, 0.5) is 34.1 Å². The predicted molar refractivity (Wildman–Crippen MR) is 325 cm³/mol. The molecule has 14 rings (SSSR count). The van der Waals surface area contributed by atoms with Crippen molar-refractivity contribution in [1.82, 2.24) is 9.13 Å². The van der Waals surface area contributed by atoms with Crippen LogP contribution in [0.1, 0.15) is 11.3 Å². The first-order valence-corrected chi connectivity index (χ1v) is 26.5. The van der Waals surface area contributed by atoms with Gasteiger partial charge in [0.05, 0.1) is 22.2 Å². The molecule has 0 aliphatic heterocycles. The molecule has 0 amide bonds. The van der Waals surface area contributed by atoms with Crippen molar-refractivity contribution in [3.8, 4) is 44.8 Å². The summed E-state index contributed by atoms with van der Waals surface area (Å²) < 4.78 is 4.78. The quantitative estimate of drug-likeness (QED) is 0.128. The monoisotopic (exact) mass is 984 g/mol. The maximum atomic E-state index is 2.41. The van der Waals surface area contributed by atoms with Gasteiger partial charge in [0.1, 0.15) is 0 Å². The van der Waals surface area contributed by atoms with Crippen LogP contribution >= 0.6 is 0 Å². The SMILES string of the molecule is C1=CCc2c(n(-c3ccccc3)c3ccc(N(c4ccc(-c5ccc(N(c6cccc(-c7ccccc7)c6)c6ccc7c(c6)c6ccccc6n7-c6ccccc6)cc5)cc4)c4cccc(-c5ccccc5)c4)cc23)C=C1. The third-order valence-corrected chi connectivity index (χ3v) is 15.1. The number of fused-ring (bicyclic) bond motifs is 6. The van der Waals surface area contributed by atoms with Crippen LogP contribution in [0, 0.1) is 0 Å². The smallest absolute Gasteiger partial charge is 0.0542 e. The molecule has 2 aromatic heterocycles. The molecule has 0 saturated carbocycles. The highest BCUT2D eigenvalue weighted by atomic mass is 15.1. The lowest BCUT2D eigenvalue weighted by atomic mass is 10.0. The summed E-state index contributed by atoms with van der Waals surface area (Å²) in [4.78, 5) is 4.80. The Bertz CT molecular complexity index is 4320. The first kappa shape index (κ1) is 45.5. The zero-order valence-corrected chi connectivity index (χ0v) is 42.4. The number of rotatable bonds is 11. The van der Waals surface area contributed by atoms with Crippen molar-refractivity contribution in [2.45, 2.75) is 6.42 Å². The van der Waals surface area contributed by atoms with Gasteiger partial charge in [-0.2, -0.15) is 0 Å². The summed E-state index contributed by atoms with van der Waals surface area (Å²) >= 11 is 0. The first-order valence-electron chi connectivity index (χ1n) is 26.5. The molecule has 4 heteroatoms. The molecule has 4 nitrogen and oxygen atoms in total. The van der Waals surface area contributed by atoms with Gasteiger partial charge in [0.15, 0.2) is 0 Å². The maximum Gasteiger partial charge on any atom is 0.0542 e. The summed E-state index contributed by atoms with van der Waals surface area (Å²) in [5, 5.41) is 3.68. The van der Waals surface area contributed by atoms with Crippen molar-refractivity contribution in [2.24, 2.45) is 0 Å². The molecule has 0 saturated heterocycles. The van der Waals surface area contributed by atoms with Crippen LogP contribution in [0.25, 0.3) is 83.5 Å². The molecule has 0 N–H and O–H groups in total. The average Bonchev–Trinajstić information content (AvgIpc) is 3.90. The molecule has 0 spiro atoms. The number of allylic oxidation sites excluding steroid dienone is 3. The van der Waals surface area contributed by atoms with E-state index >= 15 is 0 Å². The van der Waals surface area contributed by atoms with Crippen molar-refractivity contribution < 1.29 is 0 Å². The molecule has 13 aromatic rings. The van der Waals surface area contributed by atoms with E-state index in [0.29, 0.717) is 0 Å². The molecule has 0 bridgehead atoms. The van der Waals surface area contributed by atoms with Gasteiger partial charge >= 0.3 is 0 Å². The number of hydrogen-bond donors (Lipinski definition) is 0. The Labute approximate surface area is 449 Å². The van der Waals surface area contributed by atoms with Crippen molar-refractivity contribution >= 4 is 72.9 Å². The third-order valence-electron chi connectivity index (χ3n) is 15.1. The summed E-state index contributed by atoms with van der Waals surface area (Å²) in [6.07, 6.45) is 9.70. The van der Waals surface area contributed by atoms with Gasteiger partial charge in [-0.15, -0.1) is 0 Å². The molecule has 1 aliphatic carbocycles. The fourth-order valence-corrected chi connectivity index (χ4v) is 11.5. The van der Waals surface area contributed by atoms with Crippen molar-refractivity contribution in [2.75, 3.05) is 9.80 Å². The van der Waals surface area contributed by atoms with Gasteiger partial charge < -0.3 is 18.9 Å². The minimum atomic E-state index is 0.853. The van der Waals surface area contributed by atoms with E-state index < -0.39 is 0 Å². The Kier molecular flexibility index (Phi) is 11.6. The Morgan fingerprint density at radius 1 is 0.273 bits per heavy atom. The molecular weight excluding hydrogens is 933 g/mol. The maximum absolute atomic E-state index is 2.41. The molecule has 364 valence electrons. The molecule has 11 aromatic carbocycles. The number of benzene rings is 11. The minimum Gasteiger partial charge on any atom is -0.310 e. The summed E-state index contributed by atoms with van der Waals surface area (Å²) in [7, 11) is 0. The number of para-hydroxylation sites is 3. The van der Waals surface area contributed by atoms with E-state index in [0.717, 1.165) is 63.0 Å². The predicted octanol–water partition coefficient (Wildman–Crippen LogP) is 19.8. The Morgan fingerprint density at radius 2 is 0.688 bits per heavy atom. The highest BCUT2D eigenvalue weighted by Gasteiger charge is 2.22. The van der Waals surface area contributed by atoms with Crippen LogP contribution in [0.15, 0.2) is 297 Å². The molecule has 0 atom stereocenters. The molecule has 2 heterocycles. The first-order chi connectivity index (χ1) is 38.2. The van der Waals surface area contributed by atoms with Crippen LogP contribution in [0.2, 0.25) is 0 Å². The highest BCUT2D eigenvalue weighted by molar-refractivity contribution is 6.11. The van der Waals surface area contributed by atoms with Gasteiger partial charge in [-0.1, -0.05) is 182 Å². The molecule has 0 radical (unpaired) electrons. The van der Waals surface area contributed by atoms with Gasteiger partial charge in [-0.3, -0.25) is 0 Å². The van der Waals surface area contributed by atoms with Crippen molar-refractivity contribution in [3.63, 3.8) is 0 Å². The topological polar surface area (TPSA) is 16.3 Å². The molecule has 1 aliphatic rings. The minimum absolute atomic E-state index is 0.853. The lowest BCUT2D eigenvalue weighted by Crippen LogP contribution is -2.10. The van der Waals surface area contributed by atoms with E-state index in [-0.39, 0.29) is 0 Å². The van der Waals surface area contributed by atoms with Crippen molar-refractivity contribution in [1.29, 1.82) is 0 Å². The third kappa shape index (κ3) is 8.39. The standard InChI is InChI=1S/C73H52N4/c1-6-20-52(21-7-1)56-24-18-30-62(48-56)74(64-44-46-72-68(50-64)66-32-14-5-15-34-70(66)76(72)58-26-10-3-11-27-58)60-40-36-54(37-41-60)55-38-42-61(43-39-55)75(63-31-19-25-57(49-63)53-22-8-2-9-23-53)65-45-47-73-69(51-65)67-33-16-17-35-71(67)77(73)59-28-12-4-13-29-59/h1-31,33-51H,32H2. The number of anilines is 6. The summed E-state index contributed by atoms with van der Waals surface area (Å²) in [6, 6.07) is 101. The van der Waals surface area contributed by atoms with E-state index in [4.69, 9.17) is 0 Å². The second kappa shape index (κ2) is 19.6. The largest absolute Gasteiger partial charge is 0.310 e. The van der Waals surface area contributed by atoms with E-state index in [2.05, 4.69) is 322 Å². The van der Waals surface area contributed by atoms with E-state index in [1.54, 1.807) is 0 Å².